The van der Waals surface area contributed by atoms with E-state index >= 15 is 0 Å². The average Bonchev–Trinajstić information content (AvgIpc) is 3.15. The summed E-state index contributed by atoms with van der Waals surface area (Å²) >= 11 is 0. The molecule has 6 heteroatoms. The second-order valence-electron chi connectivity index (χ2n) is 7.85. The van der Waals surface area contributed by atoms with Crippen LogP contribution >= 0.6 is 0 Å². The van der Waals surface area contributed by atoms with E-state index in [0.29, 0.717) is 26.1 Å². The average molecular weight is 427 g/mol. The highest BCUT2D eigenvalue weighted by Crippen LogP contribution is 2.44. The van der Waals surface area contributed by atoms with Gasteiger partial charge in [-0.3, -0.25) is 0 Å². The third-order valence-electron chi connectivity index (χ3n) is 5.98. The number of nitrogens with zero attached hydrogens (tertiary/aromatic N) is 3. The molecule has 0 unspecified atom stereocenters. The van der Waals surface area contributed by atoms with Crippen LogP contribution in [0.3, 0.4) is 0 Å². The van der Waals surface area contributed by atoms with Gasteiger partial charge in [-0.1, -0.05) is 78.8 Å². The molecule has 0 aromatic heterocycles. The largest absolute Gasteiger partial charge is 0.449 e. The summed E-state index contributed by atoms with van der Waals surface area (Å²) in [6.07, 6.45) is 1.15. The molecule has 32 heavy (non-hydrogen) atoms. The molecule has 3 aromatic carbocycles. The molecule has 0 heterocycles. The van der Waals surface area contributed by atoms with Crippen molar-refractivity contribution in [2.24, 2.45) is 5.11 Å². The van der Waals surface area contributed by atoms with Crippen molar-refractivity contribution in [3.05, 3.63) is 105 Å². The number of rotatable bonds is 8. The maximum atomic E-state index is 12.3. The second kappa shape index (κ2) is 10.0. The zero-order valence-electron chi connectivity index (χ0n) is 18.1. The molecule has 0 aliphatic heterocycles. The van der Waals surface area contributed by atoms with Gasteiger partial charge in [-0.2, -0.15) is 0 Å². The minimum atomic E-state index is -0.411. The molecule has 6 nitrogen and oxygen atoms in total. The number of hydrogen-bond donors (Lipinski definition) is 1. The number of carbonyl (C=O) groups is 1. The Hall–Kier alpha value is -3.76. The van der Waals surface area contributed by atoms with Crippen molar-refractivity contribution in [3.8, 4) is 11.1 Å². The van der Waals surface area contributed by atoms with Gasteiger partial charge in [0.05, 0.1) is 6.54 Å². The van der Waals surface area contributed by atoms with Gasteiger partial charge in [0.15, 0.2) is 0 Å². The van der Waals surface area contributed by atoms with E-state index in [2.05, 4.69) is 58.7 Å². The van der Waals surface area contributed by atoms with Crippen LogP contribution in [-0.2, 0) is 24.1 Å². The zero-order valence-corrected chi connectivity index (χ0v) is 18.1. The maximum absolute atomic E-state index is 12.3. The third-order valence-corrected chi connectivity index (χ3v) is 5.98. The van der Waals surface area contributed by atoms with Gasteiger partial charge in [0.2, 0.25) is 0 Å². The smallest absolute Gasteiger partial charge is 0.407 e. The SMILES string of the molecule is CCc1ccc(CCNC(=O)OCC2c3ccccc3-c3ccccc32)cc1CN=[N+]=[N-]. The lowest BCUT2D eigenvalue weighted by Gasteiger charge is -2.15. The number of fused-ring (bicyclic) bond motifs is 3. The first-order valence-electron chi connectivity index (χ1n) is 10.9. The van der Waals surface area contributed by atoms with Crippen LogP contribution in [0.1, 0.15) is 40.7 Å². The first-order chi connectivity index (χ1) is 15.7. The fourth-order valence-corrected chi connectivity index (χ4v) is 4.39. The van der Waals surface area contributed by atoms with E-state index in [1.54, 1.807) is 0 Å². The topological polar surface area (TPSA) is 87.1 Å². The van der Waals surface area contributed by atoms with Gasteiger partial charge in [-0.25, -0.2) is 4.79 Å². The van der Waals surface area contributed by atoms with Gasteiger partial charge in [-0.15, -0.1) is 0 Å². The van der Waals surface area contributed by atoms with Crippen LogP contribution in [-0.4, -0.2) is 19.2 Å². The van der Waals surface area contributed by atoms with E-state index in [-0.39, 0.29) is 5.92 Å². The number of amides is 1. The maximum Gasteiger partial charge on any atom is 0.407 e. The van der Waals surface area contributed by atoms with Crippen LogP contribution in [0.2, 0.25) is 0 Å². The van der Waals surface area contributed by atoms with Gasteiger partial charge >= 0.3 is 6.09 Å². The van der Waals surface area contributed by atoms with E-state index < -0.39 is 6.09 Å². The quantitative estimate of drug-likeness (QED) is 0.266. The molecule has 1 N–H and O–H groups in total. The molecule has 0 bridgehead atoms. The fraction of sp³-hybridized carbons (Fsp3) is 0.269. The second-order valence-corrected chi connectivity index (χ2v) is 7.85. The van der Waals surface area contributed by atoms with Crippen LogP contribution in [0, 0.1) is 0 Å². The first-order valence-corrected chi connectivity index (χ1v) is 10.9. The number of hydrogen-bond acceptors (Lipinski definition) is 3. The molecule has 0 saturated carbocycles. The van der Waals surface area contributed by atoms with Gasteiger partial charge in [0.1, 0.15) is 6.61 Å². The molecule has 4 rings (SSSR count). The normalized spacial score (nSPS) is 11.9. The number of ether oxygens (including phenoxy) is 1. The highest BCUT2D eigenvalue weighted by Gasteiger charge is 2.28. The van der Waals surface area contributed by atoms with Crippen LogP contribution in [0.4, 0.5) is 4.79 Å². The monoisotopic (exact) mass is 426 g/mol. The predicted octanol–water partition coefficient (Wildman–Crippen LogP) is 6.14. The molecule has 1 amide bonds. The van der Waals surface area contributed by atoms with E-state index in [9.17, 15) is 4.79 Å². The lowest BCUT2D eigenvalue weighted by Crippen LogP contribution is -2.28. The van der Waals surface area contributed by atoms with E-state index in [4.69, 9.17) is 10.3 Å². The molecular formula is C26H26N4O2. The molecule has 162 valence electrons. The van der Waals surface area contributed by atoms with Crippen molar-refractivity contribution in [3.63, 3.8) is 0 Å². The minimum absolute atomic E-state index is 0.0537. The lowest BCUT2D eigenvalue weighted by molar-refractivity contribution is 0.143. The highest BCUT2D eigenvalue weighted by molar-refractivity contribution is 5.79. The Morgan fingerprint density at radius 1 is 1.03 bits per heavy atom. The zero-order chi connectivity index (χ0) is 22.3. The van der Waals surface area contributed by atoms with Gasteiger partial charge in [0.25, 0.3) is 0 Å². The molecule has 1 aliphatic rings. The van der Waals surface area contributed by atoms with E-state index in [1.165, 1.54) is 27.8 Å². The molecule has 1 aliphatic carbocycles. The van der Waals surface area contributed by atoms with Gasteiger partial charge in [0, 0.05) is 17.4 Å². The number of aryl methyl sites for hydroxylation is 1. The van der Waals surface area contributed by atoms with Crippen molar-refractivity contribution in [1.82, 2.24) is 5.32 Å². The Kier molecular flexibility index (Phi) is 6.73. The summed E-state index contributed by atoms with van der Waals surface area (Å²) in [6.45, 7) is 3.20. The van der Waals surface area contributed by atoms with Crippen LogP contribution in [0.25, 0.3) is 21.6 Å². The van der Waals surface area contributed by atoms with Gasteiger partial charge < -0.3 is 10.1 Å². The Balaban J connectivity index is 1.32. The summed E-state index contributed by atoms with van der Waals surface area (Å²) in [6, 6.07) is 22.7. The fourth-order valence-electron chi connectivity index (χ4n) is 4.39. The molecular weight excluding hydrogens is 400 g/mol. The Labute approximate surface area is 187 Å². The number of nitrogens with one attached hydrogen (secondary N) is 1. The van der Waals surface area contributed by atoms with Crippen molar-refractivity contribution < 1.29 is 9.53 Å². The summed E-state index contributed by atoms with van der Waals surface area (Å²) in [5.74, 6) is 0.0537. The summed E-state index contributed by atoms with van der Waals surface area (Å²) in [5, 5.41) is 6.54. The Morgan fingerprint density at radius 3 is 2.38 bits per heavy atom. The van der Waals surface area contributed by atoms with Crippen molar-refractivity contribution in [2.45, 2.75) is 32.2 Å². The molecule has 0 spiro atoms. The third kappa shape index (κ3) is 4.61. The lowest BCUT2D eigenvalue weighted by atomic mass is 9.98. The molecule has 0 fully saturated rings. The summed E-state index contributed by atoms with van der Waals surface area (Å²) in [4.78, 5) is 15.2. The van der Waals surface area contributed by atoms with Crippen molar-refractivity contribution in [2.75, 3.05) is 13.2 Å². The van der Waals surface area contributed by atoms with E-state index in [0.717, 1.165) is 17.5 Å². The Morgan fingerprint density at radius 2 is 1.72 bits per heavy atom. The molecule has 0 atom stereocenters. The predicted molar refractivity (Wildman–Crippen MR) is 125 cm³/mol. The summed E-state index contributed by atoms with van der Waals surface area (Å²) in [7, 11) is 0. The van der Waals surface area contributed by atoms with Gasteiger partial charge in [-0.05, 0) is 57.3 Å². The van der Waals surface area contributed by atoms with Crippen molar-refractivity contribution in [1.29, 1.82) is 0 Å². The first kappa shape index (κ1) is 21.5. The highest BCUT2D eigenvalue weighted by atomic mass is 16.5. The molecule has 0 saturated heterocycles. The number of azide groups is 1. The summed E-state index contributed by atoms with van der Waals surface area (Å²) < 4.78 is 5.59. The number of benzene rings is 3. The molecule has 3 aromatic rings. The van der Waals surface area contributed by atoms with Crippen LogP contribution in [0.15, 0.2) is 71.8 Å². The number of carbonyl (C=O) groups excluding carboxylic acids is 1. The number of alkyl carbamates (subject to hydrolysis) is 1. The standard InChI is InChI=1S/C26H26N4O2/c1-2-19-12-11-18(15-20(19)16-29-30-27)13-14-28-26(31)32-17-25-23-9-5-3-7-21(23)22-8-4-6-10-24(22)25/h3-12,15,25H,2,13-14,16-17H2,1H3,(H,28,31). The minimum Gasteiger partial charge on any atom is -0.449 e. The van der Waals surface area contributed by atoms with Crippen LogP contribution in [0.5, 0.6) is 0 Å². The van der Waals surface area contributed by atoms with Crippen LogP contribution < -0.4 is 5.32 Å². The van der Waals surface area contributed by atoms with Crippen molar-refractivity contribution >= 4 is 6.09 Å². The molecule has 0 radical (unpaired) electrons. The summed E-state index contributed by atoms with van der Waals surface area (Å²) in [5.41, 5.74) is 16.7. The van der Waals surface area contributed by atoms with E-state index in [1.807, 2.05) is 30.3 Å². The Bertz CT molecular complexity index is 1120.